The minimum absolute atomic E-state index is 0. The van der Waals surface area contributed by atoms with Crippen LogP contribution in [0.3, 0.4) is 0 Å². The molecule has 0 N–H and O–H groups in total. The van der Waals surface area contributed by atoms with Crippen molar-refractivity contribution in [3.8, 4) is 0 Å². The van der Waals surface area contributed by atoms with Crippen LogP contribution in [0, 0.1) is 34.6 Å². The van der Waals surface area contributed by atoms with Crippen molar-refractivity contribution in [1.82, 2.24) is 0 Å². The first-order valence-electron chi connectivity index (χ1n) is 9.81. The molecule has 0 aromatic heterocycles. The fourth-order valence-electron chi connectivity index (χ4n) is 3.73. The molecule has 0 nitrogen and oxygen atoms in total. The van der Waals surface area contributed by atoms with Crippen LogP contribution in [0.1, 0.15) is 50.1 Å². The second-order valence-corrected chi connectivity index (χ2v) is 7.76. The molecule has 3 aromatic rings. The minimum atomic E-state index is 0. The average molecular weight is 536 g/mol. The van der Waals surface area contributed by atoms with Crippen molar-refractivity contribution >= 4 is 0 Å². The molecule has 0 atom stereocenters. The van der Waals surface area contributed by atoms with Gasteiger partial charge in [-0.1, -0.05) is 83.1 Å². The molecule has 7 rings (SSSR count). The Bertz CT molecular complexity index is 690. The summed E-state index contributed by atoms with van der Waals surface area (Å²) in [6.07, 6.45) is 4.61. The van der Waals surface area contributed by atoms with Crippen molar-refractivity contribution in [3.63, 3.8) is 0 Å². The molecule has 3 aromatic carbocycles. The summed E-state index contributed by atoms with van der Waals surface area (Å²) >= 11 is 0. The third kappa shape index (κ3) is 5.24. The quantitative estimate of drug-likeness (QED) is 0.288. The Morgan fingerprint density at radius 1 is 0.519 bits per heavy atom. The van der Waals surface area contributed by atoms with E-state index in [2.05, 4.69) is 83.1 Å². The zero-order valence-corrected chi connectivity index (χ0v) is 19.7. The molecule has 27 heavy (non-hydrogen) atoms. The summed E-state index contributed by atoms with van der Waals surface area (Å²) < 4.78 is 0. The smallest absolute Gasteiger partial charge is 0 e. The molecular formula is C26H31Ir-. The first-order valence-corrected chi connectivity index (χ1v) is 9.81. The van der Waals surface area contributed by atoms with Crippen molar-refractivity contribution in [2.75, 3.05) is 0 Å². The van der Waals surface area contributed by atoms with Crippen LogP contribution in [0.4, 0.5) is 0 Å². The van der Waals surface area contributed by atoms with Crippen molar-refractivity contribution < 1.29 is 20.1 Å². The SMILES string of the molecule is Cc1c(C)c(C)[c-](C)c1C.[Ir].c1cc2ccc1CCc1ccc(cc1)CC2. The van der Waals surface area contributed by atoms with Gasteiger partial charge in [0.25, 0.3) is 0 Å². The Hall–Kier alpha value is -1.56. The molecule has 0 saturated heterocycles. The van der Waals surface area contributed by atoms with Gasteiger partial charge in [0.2, 0.25) is 0 Å². The second kappa shape index (κ2) is 9.58. The van der Waals surface area contributed by atoms with Crippen molar-refractivity contribution in [3.05, 3.63) is 98.6 Å². The molecule has 4 aliphatic carbocycles. The van der Waals surface area contributed by atoms with Crippen LogP contribution in [-0.4, -0.2) is 0 Å². The molecule has 145 valence electrons. The van der Waals surface area contributed by atoms with E-state index < -0.39 is 0 Å². The molecule has 0 heterocycles. The zero-order chi connectivity index (χ0) is 18.7. The van der Waals surface area contributed by atoms with Gasteiger partial charge in [0.15, 0.2) is 0 Å². The predicted octanol–water partition coefficient (Wildman–Crippen LogP) is 6.52. The molecule has 0 unspecified atom stereocenters. The normalized spacial score (nSPS) is 12.5. The molecule has 0 amide bonds. The van der Waals surface area contributed by atoms with E-state index in [9.17, 15) is 0 Å². The number of hydrogen-bond acceptors (Lipinski definition) is 0. The fraction of sp³-hybridized carbons (Fsp3) is 0.346. The largest absolute Gasteiger partial charge is 0.196 e. The van der Waals surface area contributed by atoms with Gasteiger partial charge in [-0.15, -0.1) is 0 Å². The molecule has 0 saturated carbocycles. The van der Waals surface area contributed by atoms with Gasteiger partial charge >= 0.3 is 0 Å². The standard InChI is InChI=1S/C16H16.C10H15.Ir/c1-2-14-4-3-13(1)9-10-15-5-7-16(8-6-15)12-11-14;1-6-7(2)9(4)10(5)8(6)3;/h1-8H,9-12H2;1-5H3;/q;-1;. The Morgan fingerprint density at radius 3 is 0.889 bits per heavy atom. The van der Waals surface area contributed by atoms with E-state index in [1.807, 2.05) is 0 Å². The maximum Gasteiger partial charge on any atom is 0 e. The van der Waals surface area contributed by atoms with E-state index in [-0.39, 0.29) is 20.1 Å². The van der Waals surface area contributed by atoms with Crippen molar-refractivity contribution in [1.29, 1.82) is 0 Å². The maximum atomic E-state index is 2.28. The predicted molar refractivity (Wildman–Crippen MR) is 113 cm³/mol. The molecule has 0 spiro atoms. The second-order valence-electron chi connectivity index (χ2n) is 7.76. The van der Waals surface area contributed by atoms with Crippen LogP contribution in [0.5, 0.6) is 0 Å². The van der Waals surface area contributed by atoms with Gasteiger partial charge in [0.05, 0.1) is 0 Å². The number of aryl methyl sites for hydroxylation is 4. The number of hydrogen-bond donors (Lipinski definition) is 0. The van der Waals surface area contributed by atoms with Gasteiger partial charge in [-0.25, -0.2) is 0 Å². The van der Waals surface area contributed by atoms with E-state index in [0.29, 0.717) is 0 Å². The Kier molecular flexibility index (Phi) is 7.71. The van der Waals surface area contributed by atoms with Gasteiger partial charge in [0.1, 0.15) is 0 Å². The van der Waals surface area contributed by atoms with Crippen LogP contribution >= 0.6 is 0 Å². The Labute approximate surface area is 178 Å². The van der Waals surface area contributed by atoms with Gasteiger partial charge < -0.3 is 0 Å². The molecular weight excluding hydrogens is 505 g/mol. The first kappa shape index (κ1) is 21.7. The summed E-state index contributed by atoms with van der Waals surface area (Å²) in [4.78, 5) is 0. The number of rotatable bonds is 0. The van der Waals surface area contributed by atoms with Crippen LogP contribution < -0.4 is 0 Å². The van der Waals surface area contributed by atoms with Gasteiger partial charge in [-0.3, -0.25) is 0 Å². The van der Waals surface area contributed by atoms with Crippen LogP contribution in [0.2, 0.25) is 0 Å². The summed E-state index contributed by atoms with van der Waals surface area (Å²) in [6, 6.07) is 18.2. The van der Waals surface area contributed by atoms with E-state index >= 15 is 0 Å². The van der Waals surface area contributed by atoms with E-state index in [1.165, 1.54) is 50.1 Å². The summed E-state index contributed by atoms with van der Waals surface area (Å²) in [7, 11) is 0. The first-order chi connectivity index (χ1) is 12.5. The summed E-state index contributed by atoms with van der Waals surface area (Å²) in [5.74, 6) is 0. The van der Waals surface area contributed by atoms with E-state index in [0.717, 1.165) is 25.7 Å². The van der Waals surface area contributed by atoms with Crippen LogP contribution in [0.15, 0.2) is 48.5 Å². The third-order valence-corrected chi connectivity index (χ3v) is 6.26. The molecule has 0 fully saturated rings. The monoisotopic (exact) mass is 536 g/mol. The Morgan fingerprint density at radius 2 is 0.741 bits per heavy atom. The van der Waals surface area contributed by atoms with E-state index in [1.54, 1.807) is 0 Å². The summed E-state index contributed by atoms with van der Waals surface area (Å²) in [5.41, 5.74) is 13.1. The minimum Gasteiger partial charge on any atom is -0.196 e. The average Bonchev–Trinajstić information content (AvgIpc) is 2.83. The van der Waals surface area contributed by atoms with Gasteiger partial charge in [-0.2, -0.15) is 27.8 Å². The maximum absolute atomic E-state index is 2.28. The molecule has 4 bridgehead atoms. The van der Waals surface area contributed by atoms with E-state index in [4.69, 9.17) is 0 Å². The molecule has 4 aliphatic rings. The van der Waals surface area contributed by atoms with Crippen LogP contribution in [0.25, 0.3) is 0 Å². The van der Waals surface area contributed by atoms with Crippen molar-refractivity contribution in [2.24, 2.45) is 0 Å². The topological polar surface area (TPSA) is 0 Å². The molecule has 1 heteroatoms. The molecule has 0 aliphatic heterocycles. The van der Waals surface area contributed by atoms with Crippen LogP contribution in [-0.2, 0) is 45.8 Å². The number of benzene rings is 2. The van der Waals surface area contributed by atoms with Gasteiger partial charge in [-0.05, 0) is 47.9 Å². The Balaban J connectivity index is 0.000000208. The third-order valence-electron chi connectivity index (χ3n) is 6.26. The van der Waals surface area contributed by atoms with Gasteiger partial charge in [0, 0.05) is 20.1 Å². The zero-order valence-electron chi connectivity index (χ0n) is 17.3. The summed E-state index contributed by atoms with van der Waals surface area (Å²) in [6.45, 7) is 11.0. The summed E-state index contributed by atoms with van der Waals surface area (Å²) in [5, 5.41) is 0. The molecule has 1 radical (unpaired) electrons. The van der Waals surface area contributed by atoms with Crippen molar-refractivity contribution in [2.45, 2.75) is 60.3 Å². The fourth-order valence-corrected chi connectivity index (χ4v) is 3.73.